The predicted octanol–water partition coefficient (Wildman–Crippen LogP) is 15.4. The summed E-state index contributed by atoms with van der Waals surface area (Å²) in [5.74, 6) is 2.34. The Balaban J connectivity index is 0.000000189. The van der Waals surface area contributed by atoms with Crippen molar-refractivity contribution in [1.82, 2.24) is 88.7 Å². The van der Waals surface area contributed by atoms with E-state index >= 15 is 0 Å². The Morgan fingerprint density at radius 2 is 0.600 bits per heavy atom. The molecule has 145 heavy (non-hydrogen) atoms. The van der Waals surface area contributed by atoms with Crippen LogP contribution in [-0.4, -0.2) is 169 Å². The lowest BCUT2D eigenvalue weighted by molar-refractivity contribution is 0.520. The van der Waals surface area contributed by atoms with Gasteiger partial charge in [-0.2, -0.15) is 5.10 Å². The highest BCUT2D eigenvalue weighted by Gasteiger charge is 2.32. The number of fused-ring (bicyclic) bond motifs is 1. The summed E-state index contributed by atoms with van der Waals surface area (Å²) in [5.41, 5.74) is 48.2. The fourth-order valence-electron chi connectivity index (χ4n) is 13.9. The summed E-state index contributed by atoms with van der Waals surface area (Å²) in [6, 6.07) is 41.6. The van der Waals surface area contributed by atoms with Crippen molar-refractivity contribution < 1.29 is 50.5 Å². The van der Waals surface area contributed by atoms with Gasteiger partial charge in [-0.15, -0.1) is 0 Å². The van der Waals surface area contributed by atoms with E-state index in [9.17, 15) is 50.5 Å². The Kier molecular flexibility index (Phi) is 35.6. The second kappa shape index (κ2) is 44.8. The molecule has 1 saturated carbocycles. The number of aromatic nitrogens is 15. The summed E-state index contributed by atoms with van der Waals surface area (Å²) in [4.78, 5) is 57.9. The first-order valence-electron chi connectivity index (χ1n) is 45.7. The number of H-pyrrole nitrogens is 1. The monoisotopic (exact) mass is 2090 g/mol. The van der Waals surface area contributed by atoms with Crippen molar-refractivity contribution in [3.63, 3.8) is 0 Å². The van der Waals surface area contributed by atoms with Crippen molar-refractivity contribution in [1.29, 1.82) is 0 Å². The Hall–Kier alpha value is -13.2. The lowest BCUT2D eigenvalue weighted by Crippen LogP contribution is -2.25. The number of nitrogens with two attached hydrogens (primary N) is 7. The van der Waals surface area contributed by atoms with Crippen LogP contribution in [0.1, 0.15) is 198 Å². The molecule has 14 aromatic rings. The van der Waals surface area contributed by atoms with Crippen LogP contribution < -0.4 is 49.0 Å². The van der Waals surface area contributed by atoms with Gasteiger partial charge in [0.1, 0.15) is 34.9 Å². The van der Waals surface area contributed by atoms with Gasteiger partial charge in [0, 0.05) is 110 Å². The number of pyridine rings is 1. The molecule has 0 atom stereocenters. The first kappa shape index (κ1) is 115. The van der Waals surface area contributed by atoms with Gasteiger partial charge in [-0.1, -0.05) is 218 Å². The highest BCUT2D eigenvalue weighted by atomic mass is 32.2. The number of rotatable bonds is 16. The molecule has 1 aliphatic rings. The molecule has 0 unspecified atom stereocenters. The molecule has 43 heteroatoms. The van der Waals surface area contributed by atoms with Gasteiger partial charge in [-0.25, -0.2) is 134 Å². The van der Waals surface area contributed by atoms with Gasteiger partial charge in [0.25, 0.3) is 0 Å². The Labute approximate surface area is 852 Å². The second-order valence-corrected chi connectivity index (χ2v) is 53.2. The molecule has 8 heterocycles. The number of primary sulfonamides is 1. The van der Waals surface area contributed by atoms with Crippen molar-refractivity contribution in [3.8, 4) is 67.5 Å². The molecule has 1 aliphatic carbocycles. The van der Waals surface area contributed by atoms with Gasteiger partial charge in [-0.05, 0) is 110 Å². The molecule has 0 spiro atoms. The van der Waals surface area contributed by atoms with E-state index in [4.69, 9.17) is 39.5 Å². The normalized spacial score (nSPS) is 12.9. The van der Waals surface area contributed by atoms with Crippen molar-refractivity contribution >= 4 is 106 Å². The van der Waals surface area contributed by atoms with E-state index in [1.165, 1.54) is 67.9 Å². The molecule has 0 bridgehead atoms. The maximum Gasteiger partial charge on any atom is 0.242 e. The predicted molar refractivity (Wildman–Crippen MR) is 574 cm³/mol. The van der Waals surface area contributed by atoms with Crippen LogP contribution in [0.3, 0.4) is 0 Å². The Bertz CT molecular complexity index is 7650. The molecule has 17 N–H and O–H groups in total. The van der Waals surface area contributed by atoms with Crippen LogP contribution in [0.4, 0.5) is 34.9 Å². The molecule has 0 radical (unpaired) electrons. The fourth-order valence-corrected chi connectivity index (χ4v) is 18.8. The number of sulfonamides is 4. The molecule has 15 rings (SSSR count). The van der Waals surface area contributed by atoms with Crippen molar-refractivity contribution in [3.05, 3.63) is 241 Å². The number of sulfone groups is 2. The van der Waals surface area contributed by atoms with Crippen LogP contribution in [0.2, 0.25) is 0 Å². The molecule has 0 saturated heterocycles. The number of nitrogens with zero attached hydrogens (tertiary/aromatic N) is 15. The highest BCUT2D eigenvalue weighted by Crippen LogP contribution is 2.38. The number of nitrogen functional groups attached to an aromatic ring is 6. The van der Waals surface area contributed by atoms with E-state index in [1.807, 2.05) is 143 Å². The molecule has 0 aliphatic heterocycles. The van der Waals surface area contributed by atoms with Crippen LogP contribution in [0.15, 0.2) is 231 Å². The standard InChI is InChI=1S/C17H22N4O2S.C16H22N4O2S.C15H20N4O2S.2C15H19N3O2S.C14H18N4O2S.C10H13N3/c1-17(2,3)15-16(18)19-10-14(20-15)11-5-4-6-13(9-11)24(22,23)21-12-7-8-12;1-16(2,3)14-15(17)18-10-13(19-14)11-7-6-8-12(9-11)23(21,22)20(4)5;1-15(2,3)13-14(16)18-9-12(19-13)10-6-5-7-11(8-10)22(20,21)17-4;1-15(2,3)13-14(16)17-9-12(18-13)10-5-7-11(8-6-10)21(4,19)20;1-15(2,3)13-14(16)17-9-12(18-13)10-6-5-7-11(8-10)21(4,19)20;1-14(2,3)12-13(15)17-8-11(18-12)9-5-4-6-10(7-9)21(16,19)20;1-10(2,3)8-4-5-11-9-7(8)6-12-13-9/h4-6,9-10,12,21H,7-8H2,1-3H3,(H2,18,19);6-10H,1-5H3,(H2,17,18);5-9,17H,1-4H3,(H2,16,18);2*5-9H,1-4H3,(H2,16,17);4-8H,1-3H3,(H2,15,17)(H2,16,19,20);4-6H,1-3H3,(H,11,12,13). The van der Waals surface area contributed by atoms with Crippen LogP contribution >= 0.6 is 0 Å². The number of nitrogens with one attached hydrogen (secondary N) is 3. The molecule has 1 fully saturated rings. The summed E-state index contributed by atoms with van der Waals surface area (Å²) < 4.78 is 148. The van der Waals surface area contributed by atoms with Crippen molar-refractivity contribution in [2.45, 2.75) is 232 Å². The highest BCUT2D eigenvalue weighted by molar-refractivity contribution is 7.91. The largest absolute Gasteiger partial charge is 0.382 e. The number of aromatic amines is 1. The summed E-state index contributed by atoms with van der Waals surface area (Å²) in [6.45, 7) is 42.6. The maximum atomic E-state index is 12.4. The average Bonchev–Trinajstić information content (AvgIpc) is 1.75. The number of benzene rings is 6. The summed E-state index contributed by atoms with van der Waals surface area (Å²) in [7, 11) is -16.3. The molecule has 0 amide bonds. The third-order valence-corrected chi connectivity index (χ3v) is 29.7. The van der Waals surface area contributed by atoms with Crippen molar-refractivity contribution in [2.24, 2.45) is 5.14 Å². The molecule has 8 aromatic heterocycles. The summed E-state index contributed by atoms with van der Waals surface area (Å²) >= 11 is 0. The fraction of sp³-hybridized carbons (Fsp3) is 0.353. The van der Waals surface area contributed by atoms with Gasteiger partial charge >= 0.3 is 0 Å². The quantitative estimate of drug-likeness (QED) is 0.0429. The minimum absolute atomic E-state index is 0.0379. The first-order valence-corrected chi connectivity index (χ1v) is 55.4. The Morgan fingerprint density at radius 1 is 0.324 bits per heavy atom. The minimum Gasteiger partial charge on any atom is -0.382 e. The lowest BCUT2D eigenvalue weighted by Gasteiger charge is -2.20. The third kappa shape index (κ3) is 31.2. The zero-order valence-corrected chi connectivity index (χ0v) is 91.5. The summed E-state index contributed by atoms with van der Waals surface area (Å²) in [5, 5.41) is 13.1. The zero-order chi connectivity index (χ0) is 108. The smallest absolute Gasteiger partial charge is 0.242 e. The second-order valence-electron chi connectivity index (χ2n) is 41.8. The maximum absolute atomic E-state index is 12.4. The molecule has 37 nitrogen and oxygen atoms in total. The molecular formula is C102H133N25O12S6. The van der Waals surface area contributed by atoms with Crippen LogP contribution in [0.5, 0.6) is 0 Å². The first-order chi connectivity index (χ1) is 66.7. The average molecular weight is 2090 g/mol. The topological polar surface area (TPSA) is 611 Å². The minimum atomic E-state index is -3.75. The van der Waals surface area contributed by atoms with Gasteiger partial charge < -0.3 is 34.4 Å². The zero-order valence-electron chi connectivity index (χ0n) is 86.6. The number of hydrogen-bond acceptors (Lipinski definition) is 32. The lowest BCUT2D eigenvalue weighted by atomic mass is 9.86. The number of anilines is 6. The van der Waals surface area contributed by atoms with Crippen LogP contribution in [-0.2, 0) is 97.7 Å². The SMILES string of the molecule is CC(C)(C)c1ccnc2[nH]ncc12.CC(C)(C)c1nc(-c2ccc(S(C)(=O)=O)cc2)cnc1N.CC(C)(C)c1nc(-c2cccc(S(=O)(=O)NC3CC3)c2)cnc1N.CC(C)(C)c1nc(-c2cccc(S(C)(=O)=O)c2)cnc1N.CC(C)(C)c1nc(-c2cccc(S(N)(=O)=O)c2)cnc1N.CN(C)S(=O)(=O)c1cccc(-c2cnc(N)c(C(C)(C)C)n2)c1.CNS(=O)(=O)c1cccc(-c2cnc(N)c(C(C)(C)C)n2)c1. The molecule has 6 aromatic carbocycles. The van der Waals surface area contributed by atoms with E-state index in [2.05, 4.69) is 111 Å². The van der Waals surface area contributed by atoms with Gasteiger partial charge in [-0.3, -0.25) is 5.10 Å². The Morgan fingerprint density at radius 3 is 0.883 bits per heavy atom. The van der Waals surface area contributed by atoms with Crippen LogP contribution in [0.25, 0.3) is 78.6 Å². The van der Waals surface area contributed by atoms with Gasteiger partial charge in [0.2, 0.25) is 40.1 Å². The molecular weight excluding hydrogens is 1960 g/mol. The summed E-state index contributed by atoms with van der Waals surface area (Å²) in [6.07, 6.45) is 17.2. The number of hydrogen-bond donors (Lipinski definition) is 10. The van der Waals surface area contributed by atoms with E-state index in [0.29, 0.717) is 125 Å². The van der Waals surface area contributed by atoms with E-state index < -0.39 is 59.8 Å². The van der Waals surface area contributed by atoms with E-state index in [-0.39, 0.29) is 73.3 Å². The third-order valence-electron chi connectivity index (χ3n) is 21.8. The van der Waals surface area contributed by atoms with Gasteiger partial charge in [0.15, 0.2) is 25.3 Å². The van der Waals surface area contributed by atoms with Crippen molar-refractivity contribution in [2.75, 3.05) is 68.1 Å². The van der Waals surface area contributed by atoms with E-state index in [1.54, 1.807) is 152 Å². The van der Waals surface area contributed by atoms with Gasteiger partial charge in [0.05, 0.1) is 141 Å². The van der Waals surface area contributed by atoms with E-state index in [0.717, 1.165) is 35.1 Å². The van der Waals surface area contributed by atoms with Crippen LogP contribution in [0, 0.1) is 0 Å². The molecule has 774 valence electrons.